The Kier molecular flexibility index (Phi) is 4.49. The van der Waals surface area contributed by atoms with Crippen LogP contribution in [0, 0.1) is 11.8 Å². The zero-order valence-electron chi connectivity index (χ0n) is 11.0. The number of nitrogens with one attached hydrogen (secondary N) is 1. The topological polar surface area (TPSA) is 30.5 Å². The molecule has 1 aliphatic rings. The fourth-order valence-corrected chi connectivity index (χ4v) is 1.68. The number of hydrogen-bond acceptors (Lipinski definition) is 3. The Labute approximate surface area is 108 Å². The average Bonchev–Trinajstić information content (AvgIpc) is 3.21. The number of ether oxygens (including phenoxy) is 2. The van der Waals surface area contributed by atoms with Gasteiger partial charge in [-0.1, -0.05) is 12.0 Å². The lowest BCUT2D eigenvalue weighted by Crippen LogP contribution is -2.15. The van der Waals surface area contributed by atoms with Gasteiger partial charge in [-0.25, -0.2) is 0 Å². The zero-order chi connectivity index (χ0) is 12.8. The number of methoxy groups -OCH3 is 1. The van der Waals surface area contributed by atoms with E-state index >= 15 is 0 Å². The summed E-state index contributed by atoms with van der Waals surface area (Å²) in [6, 6.07) is 6.74. The highest BCUT2D eigenvalue weighted by molar-refractivity contribution is 5.43. The summed E-state index contributed by atoms with van der Waals surface area (Å²) in [6.45, 7) is 3.08. The van der Waals surface area contributed by atoms with E-state index in [1.165, 1.54) is 18.4 Å². The molecule has 1 aromatic carbocycles. The van der Waals surface area contributed by atoms with Crippen molar-refractivity contribution in [1.29, 1.82) is 0 Å². The molecule has 0 heterocycles. The predicted molar refractivity (Wildman–Crippen MR) is 71.8 cm³/mol. The Morgan fingerprint density at radius 2 is 2.17 bits per heavy atom. The van der Waals surface area contributed by atoms with Gasteiger partial charge in [-0.15, -0.1) is 5.92 Å². The minimum atomic E-state index is 0.395. The number of benzene rings is 1. The molecule has 0 atom stereocenters. The molecule has 1 saturated carbocycles. The van der Waals surface area contributed by atoms with Crippen molar-refractivity contribution < 1.29 is 9.47 Å². The Hall–Kier alpha value is -1.66. The maximum Gasteiger partial charge on any atom is 0.162 e. The first-order chi connectivity index (χ1) is 8.83. The lowest BCUT2D eigenvalue weighted by atomic mass is 10.2. The summed E-state index contributed by atoms with van der Waals surface area (Å²) >= 11 is 0. The molecule has 18 heavy (non-hydrogen) atoms. The van der Waals surface area contributed by atoms with Crippen molar-refractivity contribution in [2.75, 3.05) is 13.7 Å². The fraction of sp³-hybridized carbons (Fsp3) is 0.467. The molecule has 0 aliphatic heterocycles. The van der Waals surface area contributed by atoms with Crippen LogP contribution in [-0.2, 0) is 6.54 Å². The number of hydrogen-bond donors (Lipinski definition) is 1. The first kappa shape index (κ1) is 12.8. The molecule has 0 spiro atoms. The van der Waals surface area contributed by atoms with Crippen molar-refractivity contribution >= 4 is 0 Å². The van der Waals surface area contributed by atoms with Gasteiger partial charge in [0, 0.05) is 12.6 Å². The van der Waals surface area contributed by atoms with Crippen molar-refractivity contribution in [1.82, 2.24) is 5.32 Å². The van der Waals surface area contributed by atoms with Gasteiger partial charge in [0.05, 0.1) is 7.11 Å². The predicted octanol–water partition coefficient (Wildman–Crippen LogP) is 2.35. The third-order valence-corrected chi connectivity index (χ3v) is 2.88. The van der Waals surface area contributed by atoms with Gasteiger partial charge in [0.15, 0.2) is 11.5 Å². The highest BCUT2D eigenvalue weighted by atomic mass is 16.5. The van der Waals surface area contributed by atoms with Crippen LogP contribution >= 0.6 is 0 Å². The molecule has 1 aromatic rings. The van der Waals surface area contributed by atoms with Crippen LogP contribution in [0.3, 0.4) is 0 Å². The highest BCUT2D eigenvalue weighted by Crippen LogP contribution is 2.28. The summed E-state index contributed by atoms with van der Waals surface area (Å²) in [4.78, 5) is 0. The largest absolute Gasteiger partial charge is 0.493 e. The van der Waals surface area contributed by atoms with E-state index in [1.807, 2.05) is 12.1 Å². The zero-order valence-corrected chi connectivity index (χ0v) is 11.0. The van der Waals surface area contributed by atoms with Crippen LogP contribution < -0.4 is 14.8 Å². The smallest absolute Gasteiger partial charge is 0.162 e. The van der Waals surface area contributed by atoms with E-state index in [0.29, 0.717) is 12.6 Å². The third kappa shape index (κ3) is 3.68. The lowest BCUT2D eigenvalue weighted by Gasteiger charge is -2.11. The first-order valence-corrected chi connectivity index (χ1v) is 6.26. The molecular formula is C15H19NO2. The molecule has 2 rings (SSSR count). The molecule has 0 amide bonds. The molecule has 3 heteroatoms. The molecule has 0 aromatic heterocycles. The molecule has 1 N–H and O–H groups in total. The van der Waals surface area contributed by atoms with Crippen LogP contribution in [0.2, 0.25) is 0 Å². The molecule has 3 nitrogen and oxygen atoms in total. The summed E-state index contributed by atoms with van der Waals surface area (Å²) in [6.07, 6.45) is 2.59. The Morgan fingerprint density at radius 1 is 1.33 bits per heavy atom. The second-order valence-corrected chi connectivity index (χ2v) is 4.36. The van der Waals surface area contributed by atoms with E-state index in [4.69, 9.17) is 9.47 Å². The minimum Gasteiger partial charge on any atom is -0.493 e. The van der Waals surface area contributed by atoms with Gasteiger partial charge in [0.2, 0.25) is 0 Å². The van der Waals surface area contributed by atoms with E-state index in [1.54, 1.807) is 14.0 Å². The molecule has 0 unspecified atom stereocenters. The van der Waals surface area contributed by atoms with E-state index in [-0.39, 0.29) is 0 Å². The van der Waals surface area contributed by atoms with Crippen molar-refractivity contribution in [2.24, 2.45) is 0 Å². The van der Waals surface area contributed by atoms with E-state index in [9.17, 15) is 0 Å². The van der Waals surface area contributed by atoms with E-state index in [2.05, 4.69) is 23.2 Å². The summed E-state index contributed by atoms with van der Waals surface area (Å²) < 4.78 is 10.9. The van der Waals surface area contributed by atoms with Gasteiger partial charge < -0.3 is 14.8 Å². The normalized spacial score (nSPS) is 13.7. The summed E-state index contributed by atoms with van der Waals surface area (Å²) in [5.74, 6) is 7.21. The van der Waals surface area contributed by atoms with Crippen molar-refractivity contribution in [3.05, 3.63) is 23.8 Å². The maximum atomic E-state index is 5.61. The molecular weight excluding hydrogens is 226 g/mol. The Balaban J connectivity index is 2.01. The van der Waals surface area contributed by atoms with Crippen LogP contribution in [0.25, 0.3) is 0 Å². The highest BCUT2D eigenvalue weighted by Gasteiger charge is 2.20. The molecule has 0 bridgehead atoms. The van der Waals surface area contributed by atoms with Gasteiger partial charge in [0.1, 0.15) is 6.61 Å². The van der Waals surface area contributed by atoms with Crippen molar-refractivity contribution in [3.8, 4) is 23.3 Å². The molecule has 96 valence electrons. The maximum absolute atomic E-state index is 5.61. The van der Waals surface area contributed by atoms with Crippen LogP contribution in [-0.4, -0.2) is 19.8 Å². The molecule has 1 aliphatic carbocycles. The van der Waals surface area contributed by atoms with Crippen LogP contribution in [0.4, 0.5) is 0 Å². The lowest BCUT2D eigenvalue weighted by molar-refractivity contribution is 0.330. The van der Waals surface area contributed by atoms with Crippen LogP contribution in [0.1, 0.15) is 25.3 Å². The summed E-state index contributed by atoms with van der Waals surface area (Å²) in [5, 5.41) is 3.48. The standard InChI is InChI=1S/C15H19NO2/c1-3-4-9-18-15-10-12(5-8-14(15)17-2)11-16-13-6-7-13/h5,8,10,13,16H,6-7,9,11H2,1-2H3. The summed E-state index contributed by atoms with van der Waals surface area (Å²) in [7, 11) is 1.65. The molecule has 0 radical (unpaired) electrons. The second kappa shape index (κ2) is 6.32. The Bertz CT molecular complexity index is 455. The third-order valence-electron chi connectivity index (χ3n) is 2.88. The van der Waals surface area contributed by atoms with E-state index in [0.717, 1.165) is 18.0 Å². The van der Waals surface area contributed by atoms with E-state index < -0.39 is 0 Å². The quantitative estimate of drug-likeness (QED) is 0.780. The van der Waals surface area contributed by atoms with Gasteiger partial charge in [-0.2, -0.15) is 0 Å². The monoisotopic (exact) mass is 245 g/mol. The summed E-state index contributed by atoms with van der Waals surface area (Å²) in [5.41, 5.74) is 1.21. The Morgan fingerprint density at radius 3 is 2.83 bits per heavy atom. The van der Waals surface area contributed by atoms with Crippen LogP contribution in [0.15, 0.2) is 18.2 Å². The van der Waals surface area contributed by atoms with Crippen molar-refractivity contribution in [3.63, 3.8) is 0 Å². The van der Waals surface area contributed by atoms with Gasteiger partial charge in [-0.3, -0.25) is 0 Å². The fourth-order valence-electron chi connectivity index (χ4n) is 1.68. The first-order valence-electron chi connectivity index (χ1n) is 6.26. The minimum absolute atomic E-state index is 0.395. The van der Waals surface area contributed by atoms with Gasteiger partial charge in [-0.05, 0) is 37.5 Å². The second-order valence-electron chi connectivity index (χ2n) is 4.36. The SMILES string of the molecule is CC#CCOc1cc(CNC2CC2)ccc1OC. The van der Waals surface area contributed by atoms with Gasteiger partial charge >= 0.3 is 0 Å². The number of rotatable bonds is 6. The average molecular weight is 245 g/mol. The molecule has 1 fully saturated rings. The van der Waals surface area contributed by atoms with Crippen molar-refractivity contribution in [2.45, 2.75) is 32.4 Å². The van der Waals surface area contributed by atoms with Crippen LogP contribution in [0.5, 0.6) is 11.5 Å². The molecule has 0 saturated heterocycles. The van der Waals surface area contributed by atoms with Gasteiger partial charge in [0.25, 0.3) is 0 Å².